The zero-order valence-corrected chi connectivity index (χ0v) is 11.6. The molecule has 0 aliphatic heterocycles. The average Bonchev–Trinajstić information content (AvgIpc) is 2.47. The lowest BCUT2D eigenvalue weighted by Crippen LogP contribution is -2.12. The summed E-state index contributed by atoms with van der Waals surface area (Å²) >= 11 is 0. The van der Waals surface area contributed by atoms with Crippen LogP contribution in [-0.4, -0.2) is 9.97 Å². The van der Waals surface area contributed by atoms with Crippen molar-refractivity contribution in [2.45, 2.75) is 13.1 Å². The Kier molecular flexibility index (Phi) is 3.44. The Morgan fingerprint density at radius 3 is 2.36 bits per heavy atom. The molecule has 1 heterocycles. The van der Waals surface area contributed by atoms with E-state index in [9.17, 15) is 13.2 Å². The number of benzene rings is 2. The normalized spacial score (nSPS) is 11.6. The van der Waals surface area contributed by atoms with E-state index in [1.807, 2.05) is 13.0 Å². The van der Waals surface area contributed by atoms with Crippen LogP contribution in [0.2, 0.25) is 0 Å². The average molecular weight is 303 g/mol. The fraction of sp³-hybridized carbons (Fsp3) is 0.125. The number of hydrogen-bond acceptors (Lipinski definition) is 3. The molecule has 6 heteroatoms. The highest BCUT2D eigenvalue weighted by Gasteiger charge is 2.35. The number of fused-ring (bicyclic) bond motifs is 1. The Balaban J connectivity index is 2.18. The number of halogens is 3. The molecule has 0 unspecified atom stereocenters. The Hall–Kier alpha value is -2.63. The van der Waals surface area contributed by atoms with Gasteiger partial charge < -0.3 is 5.32 Å². The summed E-state index contributed by atoms with van der Waals surface area (Å²) in [7, 11) is 0. The summed E-state index contributed by atoms with van der Waals surface area (Å²) in [6, 6.07) is 14.0. The van der Waals surface area contributed by atoms with E-state index in [0.717, 1.165) is 5.56 Å². The van der Waals surface area contributed by atoms with E-state index in [2.05, 4.69) is 15.3 Å². The highest BCUT2D eigenvalue weighted by molar-refractivity contribution is 5.91. The fourth-order valence-electron chi connectivity index (χ4n) is 2.12. The van der Waals surface area contributed by atoms with Gasteiger partial charge in [0.25, 0.3) is 0 Å². The van der Waals surface area contributed by atoms with Gasteiger partial charge >= 0.3 is 6.18 Å². The predicted octanol–water partition coefficient (Wildman–Crippen LogP) is 4.70. The molecular formula is C16H12F3N3. The van der Waals surface area contributed by atoms with Crippen molar-refractivity contribution in [2.75, 3.05) is 5.32 Å². The molecule has 0 amide bonds. The first kappa shape index (κ1) is 14.3. The Morgan fingerprint density at radius 2 is 1.68 bits per heavy atom. The maximum atomic E-state index is 13.0. The Bertz CT molecular complexity index is 814. The van der Waals surface area contributed by atoms with E-state index in [0.29, 0.717) is 11.1 Å². The number of nitrogens with zero attached hydrogens (tertiary/aromatic N) is 2. The van der Waals surface area contributed by atoms with E-state index in [1.54, 1.807) is 42.5 Å². The third kappa shape index (κ3) is 2.86. The van der Waals surface area contributed by atoms with Crippen molar-refractivity contribution in [1.29, 1.82) is 0 Å². The van der Waals surface area contributed by atoms with Crippen LogP contribution < -0.4 is 5.32 Å². The molecule has 0 aliphatic rings. The molecule has 0 aliphatic carbocycles. The molecule has 0 saturated carbocycles. The zero-order chi connectivity index (χ0) is 15.7. The van der Waals surface area contributed by atoms with E-state index in [4.69, 9.17) is 0 Å². The van der Waals surface area contributed by atoms with Gasteiger partial charge in [-0.25, -0.2) is 9.97 Å². The summed E-state index contributed by atoms with van der Waals surface area (Å²) in [6.07, 6.45) is -4.59. The first-order valence-electron chi connectivity index (χ1n) is 6.61. The minimum atomic E-state index is -4.59. The molecule has 2 aromatic carbocycles. The van der Waals surface area contributed by atoms with Gasteiger partial charge in [-0.2, -0.15) is 13.2 Å². The predicted molar refractivity (Wildman–Crippen MR) is 79.0 cm³/mol. The number of hydrogen-bond donors (Lipinski definition) is 1. The quantitative estimate of drug-likeness (QED) is 0.745. The fourth-order valence-corrected chi connectivity index (χ4v) is 2.12. The molecule has 22 heavy (non-hydrogen) atoms. The summed E-state index contributed by atoms with van der Waals surface area (Å²) < 4.78 is 38.9. The minimum absolute atomic E-state index is 0.146. The molecular weight excluding hydrogens is 291 g/mol. The SMILES string of the molecule is Cc1ccc2nc(C(F)(F)F)nc(Nc3ccccc3)c2c1. The third-order valence-corrected chi connectivity index (χ3v) is 3.14. The van der Waals surface area contributed by atoms with E-state index in [1.165, 1.54) is 0 Å². The van der Waals surface area contributed by atoms with E-state index >= 15 is 0 Å². The first-order chi connectivity index (χ1) is 10.4. The van der Waals surface area contributed by atoms with Gasteiger partial charge in [0.2, 0.25) is 5.82 Å². The standard InChI is InChI=1S/C16H12F3N3/c1-10-7-8-13-12(9-10)14(20-11-5-3-2-4-6-11)22-15(21-13)16(17,18)19/h2-9H,1H3,(H,20,21,22). The first-order valence-corrected chi connectivity index (χ1v) is 6.61. The van der Waals surface area contributed by atoms with Crippen molar-refractivity contribution in [2.24, 2.45) is 0 Å². The zero-order valence-electron chi connectivity index (χ0n) is 11.6. The highest BCUT2D eigenvalue weighted by Crippen LogP contribution is 2.31. The summed E-state index contributed by atoms with van der Waals surface area (Å²) in [5.41, 5.74) is 1.84. The topological polar surface area (TPSA) is 37.8 Å². The maximum Gasteiger partial charge on any atom is 0.451 e. The number of para-hydroxylation sites is 1. The second kappa shape index (κ2) is 5.29. The Morgan fingerprint density at radius 1 is 0.955 bits per heavy atom. The van der Waals surface area contributed by atoms with Crippen molar-refractivity contribution in [3.63, 3.8) is 0 Å². The highest BCUT2D eigenvalue weighted by atomic mass is 19.4. The Labute approximate surface area is 124 Å². The number of aryl methyl sites for hydroxylation is 1. The molecule has 0 bridgehead atoms. The molecule has 3 rings (SSSR count). The molecule has 3 nitrogen and oxygen atoms in total. The largest absolute Gasteiger partial charge is 0.451 e. The summed E-state index contributed by atoms with van der Waals surface area (Å²) in [5, 5.41) is 3.49. The molecule has 1 aromatic heterocycles. The smallest absolute Gasteiger partial charge is 0.340 e. The van der Waals surface area contributed by atoms with Gasteiger partial charge in [0, 0.05) is 11.1 Å². The van der Waals surface area contributed by atoms with Crippen LogP contribution in [0.5, 0.6) is 0 Å². The number of rotatable bonds is 2. The van der Waals surface area contributed by atoms with Crippen LogP contribution in [0.15, 0.2) is 48.5 Å². The lowest BCUT2D eigenvalue weighted by Gasteiger charge is -2.12. The molecule has 1 N–H and O–H groups in total. The number of aromatic nitrogens is 2. The number of nitrogens with one attached hydrogen (secondary N) is 1. The monoisotopic (exact) mass is 303 g/mol. The van der Waals surface area contributed by atoms with Gasteiger partial charge in [-0.1, -0.05) is 29.8 Å². The molecule has 0 atom stereocenters. The molecule has 3 aromatic rings. The summed E-state index contributed by atoms with van der Waals surface area (Å²) in [4.78, 5) is 7.28. The van der Waals surface area contributed by atoms with Gasteiger partial charge in [0.05, 0.1) is 5.52 Å². The summed E-state index contributed by atoms with van der Waals surface area (Å²) in [5.74, 6) is -1.01. The van der Waals surface area contributed by atoms with Crippen molar-refractivity contribution in [1.82, 2.24) is 9.97 Å². The van der Waals surface area contributed by atoms with Crippen LogP contribution in [0.3, 0.4) is 0 Å². The van der Waals surface area contributed by atoms with Gasteiger partial charge in [0.1, 0.15) is 5.82 Å². The molecule has 0 radical (unpaired) electrons. The van der Waals surface area contributed by atoms with Gasteiger partial charge in [-0.3, -0.25) is 0 Å². The van der Waals surface area contributed by atoms with Crippen LogP contribution in [-0.2, 0) is 6.18 Å². The second-order valence-corrected chi connectivity index (χ2v) is 4.91. The van der Waals surface area contributed by atoms with Crippen molar-refractivity contribution in [3.05, 3.63) is 59.9 Å². The summed E-state index contributed by atoms with van der Waals surface area (Å²) in [6.45, 7) is 1.86. The molecule has 112 valence electrons. The van der Waals surface area contributed by atoms with Crippen molar-refractivity contribution in [3.8, 4) is 0 Å². The van der Waals surface area contributed by atoms with Crippen LogP contribution in [0.4, 0.5) is 24.7 Å². The van der Waals surface area contributed by atoms with Crippen LogP contribution in [0, 0.1) is 6.92 Å². The van der Waals surface area contributed by atoms with Crippen molar-refractivity contribution < 1.29 is 13.2 Å². The third-order valence-electron chi connectivity index (χ3n) is 3.14. The number of alkyl halides is 3. The van der Waals surface area contributed by atoms with Crippen LogP contribution >= 0.6 is 0 Å². The lowest BCUT2D eigenvalue weighted by atomic mass is 10.1. The van der Waals surface area contributed by atoms with Crippen molar-refractivity contribution >= 4 is 22.4 Å². The van der Waals surface area contributed by atoms with E-state index < -0.39 is 12.0 Å². The molecule has 0 spiro atoms. The van der Waals surface area contributed by atoms with Gasteiger partial charge in [-0.05, 0) is 31.2 Å². The lowest BCUT2D eigenvalue weighted by molar-refractivity contribution is -0.144. The van der Waals surface area contributed by atoms with Gasteiger partial charge in [0.15, 0.2) is 0 Å². The maximum absolute atomic E-state index is 13.0. The minimum Gasteiger partial charge on any atom is -0.340 e. The second-order valence-electron chi connectivity index (χ2n) is 4.91. The molecule has 0 saturated heterocycles. The van der Waals surface area contributed by atoms with Gasteiger partial charge in [-0.15, -0.1) is 0 Å². The molecule has 0 fully saturated rings. The van der Waals surface area contributed by atoms with Crippen LogP contribution in [0.1, 0.15) is 11.4 Å². The number of anilines is 2. The van der Waals surface area contributed by atoms with E-state index in [-0.39, 0.29) is 11.3 Å². The van der Waals surface area contributed by atoms with Crippen LogP contribution in [0.25, 0.3) is 10.9 Å².